The first-order valence-electron chi connectivity index (χ1n) is 6.63. The van der Waals surface area contributed by atoms with Crippen molar-refractivity contribution in [1.29, 1.82) is 0 Å². The Kier molecular flexibility index (Phi) is 5.27. The number of aryl methyl sites for hydroxylation is 2. The number of hydrogen-bond donors (Lipinski definition) is 2. The summed E-state index contributed by atoms with van der Waals surface area (Å²) in [4.78, 5) is 8.27. The Morgan fingerprint density at radius 1 is 1.48 bits per heavy atom. The second kappa shape index (κ2) is 6.97. The Balaban J connectivity index is 2.28. The van der Waals surface area contributed by atoms with Gasteiger partial charge in [-0.1, -0.05) is 6.92 Å². The average Bonchev–Trinajstić information content (AvgIpc) is 2.79. The Hall–Kier alpha value is -1.51. The highest BCUT2D eigenvalue weighted by molar-refractivity contribution is 9.10. The van der Waals surface area contributed by atoms with Crippen molar-refractivity contribution >= 4 is 15.9 Å². The number of halogens is 1. The Morgan fingerprint density at radius 2 is 2.24 bits per heavy atom. The zero-order valence-electron chi connectivity index (χ0n) is 12.3. The van der Waals surface area contributed by atoms with E-state index < -0.39 is 0 Å². The molecule has 114 valence electrons. The fourth-order valence-electron chi connectivity index (χ4n) is 2.14. The fraction of sp³-hybridized carbons (Fsp3) is 0.462. The first-order valence-corrected chi connectivity index (χ1v) is 7.42. The number of methoxy groups -OCH3 is 1. The van der Waals surface area contributed by atoms with Crippen molar-refractivity contribution in [2.45, 2.75) is 25.8 Å². The molecular formula is C13H19BrN6O. The minimum Gasteiger partial charge on any atom is -0.481 e. The molecule has 0 aromatic carbocycles. The van der Waals surface area contributed by atoms with Crippen molar-refractivity contribution in [3.05, 3.63) is 33.9 Å². The van der Waals surface area contributed by atoms with Crippen LogP contribution in [0.2, 0.25) is 0 Å². The van der Waals surface area contributed by atoms with Gasteiger partial charge in [-0.15, -0.1) is 0 Å². The molecule has 0 aliphatic carbocycles. The molecule has 2 heterocycles. The molecule has 0 fully saturated rings. The lowest BCUT2D eigenvalue weighted by Gasteiger charge is -2.16. The van der Waals surface area contributed by atoms with E-state index in [0.717, 1.165) is 28.0 Å². The molecule has 1 atom stereocenters. The van der Waals surface area contributed by atoms with E-state index in [2.05, 4.69) is 43.3 Å². The predicted molar refractivity (Wildman–Crippen MR) is 82.6 cm³/mol. The smallest absolute Gasteiger partial charge is 0.216 e. The molecular weight excluding hydrogens is 336 g/mol. The lowest BCUT2D eigenvalue weighted by atomic mass is 10.1. The van der Waals surface area contributed by atoms with E-state index in [-0.39, 0.29) is 6.04 Å². The highest BCUT2D eigenvalue weighted by Gasteiger charge is 2.19. The first kappa shape index (κ1) is 15.9. The molecule has 0 bridgehead atoms. The predicted octanol–water partition coefficient (Wildman–Crippen LogP) is 1.29. The second-order valence-electron chi connectivity index (χ2n) is 4.59. The van der Waals surface area contributed by atoms with Crippen LogP contribution in [0.25, 0.3) is 0 Å². The van der Waals surface area contributed by atoms with E-state index >= 15 is 0 Å². The van der Waals surface area contributed by atoms with Crippen molar-refractivity contribution in [2.75, 3.05) is 7.11 Å². The standard InChI is InChI=1S/C13H19BrN6O/c1-4-8-13(14)11(20(2)19-8)5-10(18-15)9-6-12(21-3)17-7-16-9/h6-7,10,18H,4-5,15H2,1-3H3. The molecule has 3 N–H and O–H groups in total. The normalized spacial score (nSPS) is 12.4. The molecule has 8 heteroatoms. The third-order valence-electron chi connectivity index (χ3n) is 3.33. The van der Waals surface area contributed by atoms with Crippen LogP contribution in [-0.2, 0) is 19.9 Å². The molecule has 0 radical (unpaired) electrons. The highest BCUT2D eigenvalue weighted by Crippen LogP contribution is 2.26. The van der Waals surface area contributed by atoms with Gasteiger partial charge in [-0.3, -0.25) is 16.0 Å². The van der Waals surface area contributed by atoms with Crippen molar-refractivity contribution in [3.63, 3.8) is 0 Å². The molecule has 2 aromatic rings. The molecule has 0 aliphatic rings. The third-order valence-corrected chi connectivity index (χ3v) is 4.25. The average molecular weight is 355 g/mol. The van der Waals surface area contributed by atoms with Crippen LogP contribution in [0.3, 0.4) is 0 Å². The quantitative estimate of drug-likeness (QED) is 0.599. The van der Waals surface area contributed by atoms with Gasteiger partial charge in [0.05, 0.1) is 34.7 Å². The van der Waals surface area contributed by atoms with E-state index in [1.807, 2.05) is 11.7 Å². The van der Waals surface area contributed by atoms with Crippen LogP contribution < -0.4 is 16.0 Å². The van der Waals surface area contributed by atoms with Gasteiger partial charge in [0.25, 0.3) is 0 Å². The topological polar surface area (TPSA) is 90.9 Å². The number of aromatic nitrogens is 4. The maximum atomic E-state index is 5.69. The number of hydrazine groups is 1. The summed E-state index contributed by atoms with van der Waals surface area (Å²) in [7, 11) is 3.50. The van der Waals surface area contributed by atoms with Crippen LogP contribution in [0.15, 0.2) is 16.9 Å². The summed E-state index contributed by atoms with van der Waals surface area (Å²) in [6.07, 6.45) is 2.99. The highest BCUT2D eigenvalue weighted by atomic mass is 79.9. The van der Waals surface area contributed by atoms with Gasteiger partial charge in [0, 0.05) is 19.5 Å². The SMILES string of the molecule is CCc1nn(C)c(CC(NN)c2cc(OC)ncn2)c1Br. The van der Waals surface area contributed by atoms with E-state index in [1.54, 1.807) is 13.2 Å². The number of ether oxygens (including phenoxy) is 1. The third kappa shape index (κ3) is 3.39. The number of nitrogens with zero attached hydrogens (tertiary/aromatic N) is 4. The van der Waals surface area contributed by atoms with Gasteiger partial charge in [0.2, 0.25) is 5.88 Å². The largest absolute Gasteiger partial charge is 0.481 e. The Labute approximate surface area is 132 Å². The molecule has 0 aliphatic heterocycles. The first-order chi connectivity index (χ1) is 10.1. The fourth-order valence-corrected chi connectivity index (χ4v) is 2.92. The zero-order valence-corrected chi connectivity index (χ0v) is 13.9. The lowest BCUT2D eigenvalue weighted by Crippen LogP contribution is -2.31. The van der Waals surface area contributed by atoms with Crippen LogP contribution in [0, 0.1) is 0 Å². The van der Waals surface area contributed by atoms with Crippen LogP contribution in [0.5, 0.6) is 5.88 Å². The molecule has 21 heavy (non-hydrogen) atoms. The summed E-state index contributed by atoms with van der Waals surface area (Å²) < 4.78 is 8.01. The summed E-state index contributed by atoms with van der Waals surface area (Å²) in [6.45, 7) is 2.07. The zero-order chi connectivity index (χ0) is 15.4. The number of rotatable bonds is 6. The molecule has 1 unspecified atom stereocenters. The van der Waals surface area contributed by atoms with Gasteiger partial charge in [-0.2, -0.15) is 5.10 Å². The van der Waals surface area contributed by atoms with Crippen molar-refractivity contribution in [3.8, 4) is 5.88 Å². The minimum atomic E-state index is -0.154. The molecule has 0 saturated heterocycles. The monoisotopic (exact) mass is 354 g/mol. The lowest BCUT2D eigenvalue weighted by molar-refractivity contribution is 0.393. The van der Waals surface area contributed by atoms with Gasteiger partial charge in [0.1, 0.15) is 6.33 Å². The van der Waals surface area contributed by atoms with Crippen molar-refractivity contribution in [2.24, 2.45) is 12.9 Å². The molecule has 0 amide bonds. The van der Waals surface area contributed by atoms with Crippen molar-refractivity contribution in [1.82, 2.24) is 25.2 Å². The Bertz CT molecular complexity index is 615. The molecule has 2 aromatic heterocycles. The van der Waals surface area contributed by atoms with Gasteiger partial charge < -0.3 is 4.74 Å². The van der Waals surface area contributed by atoms with E-state index in [1.165, 1.54) is 6.33 Å². The molecule has 2 rings (SSSR count). The van der Waals surface area contributed by atoms with Crippen LogP contribution in [0.4, 0.5) is 0 Å². The molecule has 0 saturated carbocycles. The van der Waals surface area contributed by atoms with Crippen molar-refractivity contribution < 1.29 is 4.74 Å². The summed E-state index contributed by atoms with van der Waals surface area (Å²) in [5.41, 5.74) is 5.66. The summed E-state index contributed by atoms with van der Waals surface area (Å²) in [5.74, 6) is 6.20. The molecule has 7 nitrogen and oxygen atoms in total. The number of nitrogens with one attached hydrogen (secondary N) is 1. The summed E-state index contributed by atoms with van der Waals surface area (Å²) in [6, 6.07) is 1.62. The van der Waals surface area contributed by atoms with Crippen LogP contribution in [-0.4, -0.2) is 26.9 Å². The summed E-state index contributed by atoms with van der Waals surface area (Å²) in [5, 5.41) is 4.49. The summed E-state index contributed by atoms with van der Waals surface area (Å²) >= 11 is 3.61. The molecule has 0 spiro atoms. The van der Waals surface area contributed by atoms with E-state index in [0.29, 0.717) is 12.3 Å². The maximum Gasteiger partial charge on any atom is 0.216 e. The van der Waals surface area contributed by atoms with Gasteiger partial charge in [-0.05, 0) is 22.4 Å². The number of hydrogen-bond acceptors (Lipinski definition) is 6. The van der Waals surface area contributed by atoms with Gasteiger partial charge in [-0.25, -0.2) is 9.97 Å². The van der Waals surface area contributed by atoms with Crippen LogP contribution >= 0.6 is 15.9 Å². The van der Waals surface area contributed by atoms with Gasteiger partial charge >= 0.3 is 0 Å². The number of nitrogens with two attached hydrogens (primary N) is 1. The van der Waals surface area contributed by atoms with E-state index in [9.17, 15) is 0 Å². The Morgan fingerprint density at radius 3 is 2.81 bits per heavy atom. The van der Waals surface area contributed by atoms with Crippen LogP contribution in [0.1, 0.15) is 30.0 Å². The van der Waals surface area contributed by atoms with Gasteiger partial charge in [0.15, 0.2) is 0 Å². The second-order valence-corrected chi connectivity index (χ2v) is 5.39. The van der Waals surface area contributed by atoms with E-state index in [4.69, 9.17) is 10.6 Å². The maximum absolute atomic E-state index is 5.69. The minimum absolute atomic E-state index is 0.154.